The molecular formula is C14H15F4NO. The van der Waals surface area contributed by atoms with Crippen LogP contribution in [-0.2, 0) is 6.18 Å². The topological polar surface area (TPSA) is 29.1 Å². The van der Waals surface area contributed by atoms with Crippen LogP contribution in [0.4, 0.5) is 17.6 Å². The van der Waals surface area contributed by atoms with E-state index in [0.29, 0.717) is 12.1 Å². The first-order valence-electron chi connectivity index (χ1n) is 6.48. The minimum atomic E-state index is -4.74. The highest BCUT2D eigenvalue weighted by atomic mass is 19.4. The summed E-state index contributed by atoms with van der Waals surface area (Å²) in [4.78, 5) is 12.0. The minimum absolute atomic E-state index is 0.000994. The second-order valence-electron chi connectivity index (χ2n) is 5.03. The molecule has 1 aromatic rings. The van der Waals surface area contributed by atoms with Gasteiger partial charge in [-0.3, -0.25) is 4.79 Å². The van der Waals surface area contributed by atoms with E-state index in [2.05, 4.69) is 5.32 Å². The maximum atomic E-state index is 13.4. The summed E-state index contributed by atoms with van der Waals surface area (Å²) in [6.45, 7) is 1.63. The molecule has 1 aliphatic heterocycles. The minimum Gasteiger partial charge on any atom is -0.316 e. The van der Waals surface area contributed by atoms with Crippen LogP contribution in [-0.4, -0.2) is 18.9 Å². The Morgan fingerprint density at radius 2 is 2.10 bits per heavy atom. The number of carbonyl (C=O) groups is 1. The van der Waals surface area contributed by atoms with Gasteiger partial charge in [-0.1, -0.05) is 6.07 Å². The van der Waals surface area contributed by atoms with Crippen molar-refractivity contribution in [3.63, 3.8) is 0 Å². The van der Waals surface area contributed by atoms with Crippen molar-refractivity contribution in [2.75, 3.05) is 13.1 Å². The third-order valence-corrected chi connectivity index (χ3v) is 3.47. The van der Waals surface area contributed by atoms with Crippen molar-refractivity contribution < 1.29 is 22.4 Å². The lowest BCUT2D eigenvalue weighted by atomic mass is 9.91. The molecule has 1 atom stereocenters. The van der Waals surface area contributed by atoms with E-state index in [-0.39, 0.29) is 23.7 Å². The summed E-state index contributed by atoms with van der Waals surface area (Å²) in [7, 11) is 0. The summed E-state index contributed by atoms with van der Waals surface area (Å²) in [6, 6.07) is 2.35. The average molecular weight is 289 g/mol. The number of rotatable bonds is 3. The zero-order valence-corrected chi connectivity index (χ0v) is 10.8. The first-order chi connectivity index (χ1) is 9.38. The van der Waals surface area contributed by atoms with Crippen LogP contribution in [0, 0.1) is 11.7 Å². The van der Waals surface area contributed by atoms with Crippen molar-refractivity contribution in [3.05, 3.63) is 35.1 Å². The fourth-order valence-electron chi connectivity index (χ4n) is 2.40. The fraction of sp³-hybridized carbons (Fsp3) is 0.500. The van der Waals surface area contributed by atoms with Gasteiger partial charge in [0.1, 0.15) is 5.82 Å². The van der Waals surface area contributed by atoms with E-state index in [1.807, 2.05) is 0 Å². The smallest absolute Gasteiger partial charge is 0.316 e. The second kappa shape index (κ2) is 5.91. The zero-order chi connectivity index (χ0) is 14.8. The van der Waals surface area contributed by atoms with Crippen molar-refractivity contribution in [2.24, 2.45) is 5.92 Å². The number of halogens is 4. The molecule has 110 valence electrons. The Morgan fingerprint density at radius 1 is 1.35 bits per heavy atom. The Kier molecular flexibility index (Phi) is 4.42. The molecule has 1 fully saturated rings. The van der Waals surface area contributed by atoms with Gasteiger partial charge in [0, 0.05) is 12.0 Å². The number of ketones is 1. The summed E-state index contributed by atoms with van der Waals surface area (Å²) in [5, 5.41) is 3.16. The van der Waals surface area contributed by atoms with E-state index in [1.165, 1.54) is 0 Å². The lowest BCUT2D eigenvalue weighted by Gasteiger charge is -2.22. The number of alkyl halides is 3. The number of nitrogens with one attached hydrogen (secondary N) is 1. The van der Waals surface area contributed by atoms with Gasteiger partial charge in [-0.05, 0) is 44.0 Å². The molecule has 20 heavy (non-hydrogen) atoms. The predicted octanol–water partition coefficient (Wildman–Crippen LogP) is 3.42. The van der Waals surface area contributed by atoms with Gasteiger partial charge < -0.3 is 5.32 Å². The first kappa shape index (κ1) is 15.0. The van der Waals surface area contributed by atoms with Crippen molar-refractivity contribution in [1.29, 1.82) is 0 Å². The zero-order valence-electron chi connectivity index (χ0n) is 10.8. The second-order valence-corrected chi connectivity index (χ2v) is 5.03. The molecule has 1 aliphatic rings. The molecule has 1 unspecified atom stereocenters. The van der Waals surface area contributed by atoms with Crippen LogP contribution in [0.15, 0.2) is 18.2 Å². The number of hydrogen-bond donors (Lipinski definition) is 1. The van der Waals surface area contributed by atoms with E-state index in [9.17, 15) is 22.4 Å². The summed E-state index contributed by atoms with van der Waals surface area (Å²) in [5.41, 5.74) is -1.34. The number of carbonyl (C=O) groups excluding carboxylic acids is 1. The van der Waals surface area contributed by atoms with Crippen molar-refractivity contribution in [3.8, 4) is 0 Å². The number of Topliss-reactive ketones (excluding diaryl/α,β-unsaturated/α-hetero) is 1. The van der Waals surface area contributed by atoms with E-state index < -0.39 is 17.6 Å². The summed E-state index contributed by atoms with van der Waals surface area (Å²) in [5.74, 6) is -1.54. The van der Waals surface area contributed by atoms with Crippen LogP contribution in [0.1, 0.15) is 35.2 Å². The molecule has 0 saturated carbocycles. The molecule has 0 bridgehead atoms. The van der Waals surface area contributed by atoms with E-state index >= 15 is 0 Å². The Bertz CT molecular complexity index is 492. The molecule has 6 heteroatoms. The Labute approximate surface area is 114 Å². The molecular weight excluding hydrogens is 274 g/mol. The van der Waals surface area contributed by atoms with Crippen LogP contribution in [0.25, 0.3) is 0 Å². The van der Waals surface area contributed by atoms with Gasteiger partial charge in [0.25, 0.3) is 0 Å². The van der Waals surface area contributed by atoms with E-state index in [0.717, 1.165) is 32.0 Å². The molecule has 1 heterocycles. The Hall–Kier alpha value is -1.43. The van der Waals surface area contributed by atoms with Crippen molar-refractivity contribution in [2.45, 2.75) is 25.4 Å². The van der Waals surface area contributed by atoms with Crippen molar-refractivity contribution >= 4 is 5.78 Å². The Balaban J connectivity index is 2.09. The molecule has 0 aromatic heterocycles. The van der Waals surface area contributed by atoms with Crippen LogP contribution >= 0.6 is 0 Å². The Morgan fingerprint density at radius 3 is 2.65 bits per heavy atom. The van der Waals surface area contributed by atoms with Gasteiger partial charge in [-0.25, -0.2) is 4.39 Å². The number of hydrogen-bond acceptors (Lipinski definition) is 2. The van der Waals surface area contributed by atoms with Crippen LogP contribution in [0.5, 0.6) is 0 Å². The van der Waals surface area contributed by atoms with Crippen LogP contribution in [0.3, 0.4) is 0 Å². The fourth-order valence-corrected chi connectivity index (χ4v) is 2.40. The quantitative estimate of drug-likeness (QED) is 0.682. The lowest BCUT2D eigenvalue weighted by Crippen LogP contribution is -2.31. The molecule has 2 rings (SSSR count). The van der Waals surface area contributed by atoms with Crippen LogP contribution < -0.4 is 5.32 Å². The van der Waals surface area contributed by atoms with Gasteiger partial charge in [0.2, 0.25) is 0 Å². The number of piperidine rings is 1. The normalized spacial score (nSPS) is 19.9. The average Bonchev–Trinajstić information content (AvgIpc) is 2.38. The summed E-state index contributed by atoms with van der Waals surface area (Å²) in [6.07, 6.45) is -2.63. The predicted molar refractivity (Wildman–Crippen MR) is 65.9 cm³/mol. The summed E-state index contributed by atoms with van der Waals surface area (Å²) >= 11 is 0. The first-order valence-corrected chi connectivity index (χ1v) is 6.48. The monoisotopic (exact) mass is 289 g/mol. The summed E-state index contributed by atoms with van der Waals surface area (Å²) < 4.78 is 50.7. The van der Waals surface area contributed by atoms with Gasteiger partial charge in [-0.15, -0.1) is 0 Å². The third-order valence-electron chi connectivity index (χ3n) is 3.47. The lowest BCUT2D eigenvalue weighted by molar-refractivity contribution is -0.140. The molecule has 1 N–H and O–H groups in total. The highest BCUT2D eigenvalue weighted by Crippen LogP contribution is 2.32. The standard InChI is InChI=1S/C14H15F4NO/c15-12-7-10(3-4-11(12)14(16,17)18)13(20)6-9-2-1-5-19-8-9/h3-4,7,9,19H,1-2,5-6,8H2. The molecule has 1 saturated heterocycles. The van der Waals surface area contributed by atoms with E-state index in [4.69, 9.17) is 0 Å². The SMILES string of the molecule is O=C(CC1CCCNC1)c1ccc(C(F)(F)F)c(F)c1. The van der Waals surface area contributed by atoms with Crippen molar-refractivity contribution in [1.82, 2.24) is 5.32 Å². The van der Waals surface area contributed by atoms with Gasteiger partial charge in [0.05, 0.1) is 5.56 Å². The van der Waals surface area contributed by atoms with Gasteiger partial charge in [0.15, 0.2) is 5.78 Å². The molecule has 0 radical (unpaired) electrons. The van der Waals surface area contributed by atoms with Gasteiger partial charge >= 0.3 is 6.18 Å². The highest BCUT2D eigenvalue weighted by molar-refractivity contribution is 5.96. The van der Waals surface area contributed by atoms with E-state index in [1.54, 1.807) is 0 Å². The maximum absolute atomic E-state index is 13.4. The number of benzene rings is 1. The van der Waals surface area contributed by atoms with Crippen LogP contribution in [0.2, 0.25) is 0 Å². The van der Waals surface area contributed by atoms with Gasteiger partial charge in [-0.2, -0.15) is 13.2 Å². The molecule has 0 amide bonds. The molecule has 2 nitrogen and oxygen atoms in total. The molecule has 1 aromatic carbocycles. The highest BCUT2D eigenvalue weighted by Gasteiger charge is 2.34. The maximum Gasteiger partial charge on any atom is 0.419 e. The largest absolute Gasteiger partial charge is 0.419 e. The third kappa shape index (κ3) is 3.56. The molecule has 0 spiro atoms. The molecule has 0 aliphatic carbocycles.